The van der Waals surface area contributed by atoms with Crippen molar-refractivity contribution in [2.24, 2.45) is 0 Å². The normalized spacial score (nSPS) is 8.67. The zero-order valence-corrected chi connectivity index (χ0v) is 11.4. The fourth-order valence-corrected chi connectivity index (χ4v) is 0.507. The molecule has 0 aliphatic carbocycles. The number of likely N-dealkylation sites (N-methyl/N-ethyl adjacent to an activating group) is 2. The molecule has 0 saturated carbocycles. The van der Waals surface area contributed by atoms with E-state index >= 15 is 0 Å². The molecule has 0 spiro atoms. The van der Waals surface area contributed by atoms with Gasteiger partial charge in [-0.3, -0.25) is 0 Å². The Morgan fingerprint density at radius 1 is 1.08 bits per heavy atom. The molecule has 0 amide bonds. The number of rotatable bonds is 6. The second-order valence-electron chi connectivity index (χ2n) is 1.90. The van der Waals surface area contributed by atoms with Crippen molar-refractivity contribution < 1.29 is 20.8 Å². The summed E-state index contributed by atoms with van der Waals surface area (Å²) in [5.41, 5.74) is 0. The van der Waals surface area contributed by atoms with Crippen molar-refractivity contribution in [2.45, 2.75) is 0 Å². The first kappa shape index (κ1) is 15.8. The van der Waals surface area contributed by atoms with E-state index in [9.17, 15) is 0 Å². The van der Waals surface area contributed by atoms with Gasteiger partial charge in [-0.25, -0.2) is 0 Å². The summed E-state index contributed by atoms with van der Waals surface area (Å²) in [4.78, 5) is 0. The second kappa shape index (κ2) is 18.2. The molecule has 12 heavy (non-hydrogen) atoms. The molecule has 0 fully saturated rings. The molecule has 74 valence electrons. The van der Waals surface area contributed by atoms with Crippen LogP contribution in [0.2, 0.25) is 0 Å². The molecule has 0 aromatic rings. The summed E-state index contributed by atoms with van der Waals surface area (Å²) >= 11 is -0.826. The maximum absolute atomic E-state index is 4.93. The molecule has 0 atom stereocenters. The number of hydrogen-bond acceptors (Lipinski definition) is 1. The Morgan fingerprint density at radius 3 is 1.67 bits per heavy atom. The maximum atomic E-state index is 4.93. The predicted molar refractivity (Wildman–Crippen MR) is 52.9 cm³/mol. The molecule has 3 nitrogen and oxygen atoms in total. The molecule has 0 heterocycles. The van der Waals surface area contributed by atoms with E-state index in [1.807, 2.05) is 14.1 Å². The van der Waals surface area contributed by atoms with Crippen molar-refractivity contribution >= 4 is 17.0 Å². The summed E-state index contributed by atoms with van der Waals surface area (Å²) in [6, 6.07) is 0. The van der Waals surface area contributed by atoms with Crippen LogP contribution in [0.3, 0.4) is 0 Å². The van der Waals surface area contributed by atoms with Crippen LogP contribution in [0, 0.1) is 0 Å². The Kier molecular flexibility index (Phi) is 24.0. The number of hydrogen-bond donors (Lipinski definition) is 1. The van der Waals surface area contributed by atoms with Crippen molar-refractivity contribution in [3.8, 4) is 0 Å². The molecule has 6 heteroatoms. The molecule has 0 aliphatic heterocycles. The molecule has 1 N–H and O–H groups in total. The first-order chi connectivity index (χ1) is 5.83. The average Bonchev–Trinajstić information content (AvgIpc) is 2.06. The quantitative estimate of drug-likeness (QED) is 0.747. The van der Waals surface area contributed by atoms with E-state index in [0.29, 0.717) is 0 Å². The Bertz CT molecular complexity index is 62.8. The van der Waals surface area contributed by atoms with Crippen LogP contribution in [0.15, 0.2) is 0 Å². The summed E-state index contributed by atoms with van der Waals surface area (Å²) in [7, 11) is 13.5. The zero-order chi connectivity index (χ0) is 9.66. The van der Waals surface area contributed by atoms with Crippen LogP contribution in [-0.4, -0.2) is 40.3 Å². The third-order valence-corrected chi connectivity index (χ3v) is 1.02. The van der Waals surface area contributed by atoms with Gasteiger partial charge in [-0.1, -0.05) is 0 Å². The first-order valence-corrected chi connectivity index (χ1v) is 9.94. The van der Waals surface area contributed by atoms with Gasteiger partial charge in [0.15, 0.2) is 0 Å². The van der Waals surface area contributed by atoms with Gasteiger partial charge in [-0.2, -0.15) is 14.1 Å². The van der Waals surface area contributed by atoms with Crippen molar-refractivity contribution in [3.63, 3.8) is 0 Å². The van der Waals surface area contributed by atoms with E-state index < -0.39 is 20.8 Å². The first-order valence-electron chi connectivity index (χ1n) is 3.61. The van der Waals surface area contributed by atoms with Gasteiger partial charge in [0.05, 0.1) is 0 Å². The summed E-state index contributed by atoms with van der Waals surface area (Å²) in [5, 5.41) is 11.1. The Morgan fingerprint density at radius 2 is 1.42 bits per heavy atom. The van der Waals surface area contributed by atoms with Crippen LogP contribution < -0.4 is 5.32 Å². The average molecular weight is 291 g/mol. The third-order valence-electron chi connectivity index (χ3n) is 1.02. The van der Waals surface area contributed by atoms with Crippen LogP contribution >= 0.6 is 17.0 Å². The van der Waals surface area contributed by atoms with Crippen LogP contribution in [-0.2, 0) is 20.8 Å². The summed E-state index contributed by atoms with van der Waals surface area (Å²) in [6.07, 6.45) is 0. The topological polar surface area (TPSA) is 40.2 Å². The van der Waals surface area contributed by atoms with Gasteiger partial charge < -0.3 is 16.0 Å². The molecule has 0 aromatic heterocycles. The van der Waals surface area contributed by atoms with Gasteiger partial charge in [-0.15, -0.1) is 13.1 Å². The van der Waals surface area contributed by atoms with Crippen LogP contribution in [0.25, 0.3) is 10.6 Å². The molecule has 0 aromatic carbocycles. The van der Waals surface area contributed by atoms with Crippen molar-refractivity contribution in [1.29, 1.82) is 0 Å². The molecule has 0 aliphatic rings. The van der Waals surface area contributed by atoms with Crippen LogP contribution in [0.4, 0.5) is 0 Å². The van der Waals surface area contributed by atoms with Gasteiger partial charge in [0, 0.05) is 0 Å². The van der Waals surface area contributed by atoms with E-state index in [1.165, 1.54) is 0 Å². The van der Waals surface area contributed by atoms with Gasteiger partial charge in [-0.05, 0) is 13.1 Å². The van der Waals surface area contributed by atoms with Gasteiger partial charge in [0.2, 0.25) is 0 Å². The molecule has 0 unspecified atom stereocenters. The van der Waals surface area contributed by atoms with Crippen molar-refractivity contribution in [2.75, 3.05) is 40.3 Å². The zero-order valence-electron chi connectivity index (χ0n) is 7.48. The van der Waals surface area contributed by atoms with Crippen molar-refractivity contribution in [3.05, 3.63) is 10.6 Å². The number of halogens is 2. The minimum absolute atomic E-state index is 0.826. The predicted octanol–water partition coefficient (Wildman–Crippen LogP) is 1.96. The van der Waals surface area contributed by atoms with E-state index in [2.05, 4.69) is 16.0 Å². The fraction of sp³-hybridized carbons (Fsp3) is 1.00. The van der Waals surface area contributed by atoms with Gasteiger partial charge in [0.1, 0.15) is 0 Å². The monoisotopic (exact) mass is 289 g/mol. The second-order valence-corrected chi connectivity index (χ2v) is 5.63. The molecule has 0 radical (unpaired) electrons. The van der Waals surface area contributed by atoms with E-state index in [0.717, 1.165) is 26.2 Å². The Balaban J connectivity index is 0. The van der Waals surface area contributed by atoms with Crippen LogP contribution in [0.5, 0.6) is 0 Å². The number of nitrogens with one attached hydrogen (secondary N) is 1. The molecule has 0 bridgehead atoms. The van der Waals surface area contributed by atoms with Gasteiger partial charge in [0.25, 0.3) is 0 Å². The summed E-state index contributed by atoms with van der Waals surface area (Å²) in [5.74, 6) is 0. The molecular weight excluding hydrogens is 276 g/mol. The molecule has 0 saturated heterocycles. The fourth-order valence-electron chi connectivity index (χ4n) is 0.507. The Labute approximate surface area is 93.6 Å². The third kappa shape index (κ3) is 22.5. The van der Waals surface area contributed by atoms with Crippen LogP contribution in [0.1, 0.15) is 0 Å². The number of nitrogens with zero attached hydrogens (tertiary/aromatic N) is 2. The summed E-state index contributed by atoms with van der Waals surface area (Å²) in [6.45, 7) is 3.77. The standard InChI is InChI=1S/C6H15N3.2ClH.Zr/c1-7-3-5-9-6-4-8-2;;;/h9H,3-6H2,1-2H3;2*1H;/q-2;;;+2/p-2. The summed E-state index contributed by atoms with van der Waals surface area (Å²) < 4.78 is 0. The SMILES string of the molecule is C[N-]CCNCC[N-]C.[Cl][Zr][Cl]. The van der Waals surface area contributed by atoms with Crippen molar-refractivity contribution in [1.82, 2.24) is 5.32 Å². The molecular formula is C6H15Cl2N3Zr-2. The Hall–Kier alpha value is 1.34. The van der Waals surface area contributed by atoms with E-state index in [1.54, 1.807) is 0 Å². The van der Waals surface area contributed by atoms with E-state index in [4.69, 9.17) is 17.0 Å². The molecule has 0 rings (SSSR count). The van der Waals surface area contributed by atoms with Gasteiger partial charge >= 0.3 is 37.9 Å². The minimum atomic E-state index is -0.826. The van der Waals surface area contributed by atoms with E-state index in [-0.39, 0.29) is 0 Å².